The van der Waals surface area contributed by atoms with Crippen molar-refractivity contribution in [3.63, 3.8) is 0 Å². The van der Waals surface area contributed by atoms with E-state index in [1.807, 2.05) is 6.07 Å². The maximum atomic E-state index is 12.3. The molecule has 19 heavy (non-hydrogen) atoms. The number of benzene rings is 1. The fourth-order valence-electron chi connectivity index (χ4n) is 1.95. The highest BCUT2D eigenvalue weighted by Crippen LogP contribution is 2.42. The lowest BCUT2D eigenvalue weighted by Gasteiger charge is -2.14. The zero-order valence-electron chi connectivity index (χ0n) is 9.75. The Morgan fingerprint density at radius 3 is 2.00 bits per heavy atom. The molecule has 1 aromatic carbocycles. The van der Waals surface area contributed by atoms with E-state index in [0.717, 1.165) is 11.5 Å². The van der Waals surface area contributed by atoms with Gasteiger partial charge in [-0.1, -0.05) is 0 Å². The average molecular weight is 288 g/mol. The van der Waals surface area contributed by atoms with Gasteiger partial charge in [0.15, 0.2) is 0 Å². The Bertz CT molecular complexity index is 616. The van der Waals surface area contributed by atoms with Crippen LogP contribution in [0.25, 0.3) is 0 Å². The first-order chi connectivity index (χ1) is 9.22. The Morgan fingerprint density at radius 2 is 1.53 bits per heavy atom. The molecule has 2 amide bonds. The molecule has 0 saturated carbocycles. The average Bonchev–Trinajstić information content (AvgIpc) is 2.72. The summed E-state index contributed by atoms with van der Waals surface area (Å²) in [4.78, 5) is 26.8. The minimum atomic E-state index is -0.248. The third-order valence-electron chi connectivity index (χ3n) is 2.83. The molecule has 0 bridgehead atoms. The molecular weight excluding hydrogens is 280 g/mol. The van der Waals surface area contributed by atoms with E-state index in [0.29, 0.717) is 21.1 Å². The molecule has 3 rings (SSSR count). The summed E-state index contributed by atoms with van der Waals surface area (Å²) in [7, 11) is 0. The Hall–Kier alpha value is -1.71. The van der Waals surface area contributed by atoms with Crippen molar-refractivity contribution in [2.75, 3.05) is 16.4 Å². The van der Waals surface area contributed by atoms with Gasteiger partial charge in [0.25, 0.3) is 11.8 Å². The number of nitriles is 1. The highest BCUT2D eigenvalue weighted by atomic mass is 32.2. The Kier molecular flexibility index (Phi) is 3.09. The smallest absolute Gasteiger partial charge is 0.268 e. The van der Waals surface area contributed by atoms with Gasteiger partial charge < -0.3 is 0 Å². The fraction of sp³-hybridized carbons (Fsp3) is 0.154. The number of amides is 2. The van der Waals surface area contributed by atoms with Crippen LogP contribution in [0.2, 0.25) is 0 Å². The number of nitrogens with zero attached hydrogens (tertiary/aromatic N) is 2. The van der Waals surface area contributed by atoms with Gasteiger partial charge in [-0.2, -0.15) is 5.26 Å². The second-order valence-corrected chi connectivity index (χ2v) is 6.17. The second kappa shape index (κ2) is 4.76. The molecule has 4 nitrogen and oxygen atoms in total. The van der Waals surface area contributed by atoms with Crippen LogP contribution < -0.4 is 4.90 Å². The molecule has 0 saturated heterocycles. The molecule has 2 heterocycles. The Labute approximate surface area is 118 Å². The standard InChI is InChI=1S/C13H8N2O2S2/c14-7-8-1-3-9(4-2-8)15-12(16)10-11(13(15)17)19-6-5-18-10/h1-4H,5-6H2. The van der Waals surface area contributed by atoms with Crippen molar-refractivity contribution < 1.29 is 9.59 Å². The lowest BCUT2D eigenvalue weighted by molar-refractivity contribution is -0.120. The molecule has 6 heteroatoms. The van der Waals surface area contributed by atoms with Gasteiger partial charge in [-0.05, 0) is 24.3 Å². The van der Waals surface area contributed by atoms with E-state index in [4.69, 9.17) is 5.26 Å². The van der Waals surface area contributed by atoms with E-state index in [1.165, 1.54) is 28.4 Å². The third-order valence-corrected chi connectivity index (χ3v) is 5.37. The molecule has 0 spiro atoms. The summed E-state index contributed by atoms with van der Waals surface area (Å²) in [5, 5.41) is 8.75. The van der Waals surface area contributed by atoms with Gasteiger partial charge in [0, 0.05) is 11.5 Å². The molecule has 0 N–H and O–H groups in total. The molecular formula is C13H8N2O2S2. The van der Waals surface area contributed by atoms with Crippen molar-refractivity contribution in [3.8, 4) is 6.07 Å². The quantitative estimate of drug-likeness (QED) is 0.741. The first-order valence-electron chi connectivity index (χ1n) is 5.61. The van der Waals surface area contributed by atoms with Crippen LogP contribution >= 0.6 is 23.5 Å². The molecule has 0 unspecified atom stereocenters. The van der Waals surface area contributed by atoms with Crippen LogP contribution in [-0.4, -0.2) is 23.3 Å². The Balaban J connectivity index is 1.97. The predicted molar refractivity (Wildman–Crippen MR) is 75.6 cm³/mol. The predicted octanol–water partition coefficient (Wildman–Crippen LogP) is 2.12. The van der Waals surface area contributed by atoms with Crippen LogP contribution in [0.15, 0.2) is 34.1 Å². The van der Waals surface area contributed by atoms with E-state index in [2.05, 4.69) is 0 Å². The van der Waals surface area contributed by atoms with Crippen molar-refractivity contribution in [2.24, 2.45) is 0 Å². The number of thioether (sulfide) groups is 2. The summed E-state index contributed by atoms with van der Waals surface area (Å²) in [6.45, 7) is 0. The topological polar surface area (TPSA) is 61.2 Å². The van der Waals surface area contributed by atoms with Gasteiger partial charge in [0.1, 0.15) is 0 Å². The van der Waals surface area contributed by atoms with E-state index in [-0.39, 0.29) is 11.8 Å². The molecule has 0 fully saturated rings. The van der Waals surface area contributed by atoms with Gasteiger partial charge in [-0.15, -0.1) is 23.5 Å². The number of hydrogen-bond donors (Lipinski definition) is 0. The normalized spacial score (nSPS) is 18.6. The van der Waals surface area contributed by atoms with Gasteiger partial charge in [0.2, 0.25) is 0 Å². The number of carbonyl (C=O) groups is 2. The van der Waals surface area contributed by atoms with E-state index in [9.17, 15) is 9.59 Å². The third kappa shape index (κ3) is 1.95. The summed E-state index contributed by atoms with van der Waals surface area (Å²) >= 11 is 2.89. The molecule has 0 aromatic heterocycles. The highest BCUT2D eigenvalue weighted by molar-refractivity contribution is 8.11. The van der Waals surface area contributed by atoms with Crippen LogP contribution in [0.1, 0.15) is 5.56 Å². The summed E-state index contributed by atoms with van der Waals surface area (Å²) in [5.74, 6) is 1.21. The van der Waals surface area contributed by atoms with Crippen LogP contribution in [0, 0.1) is 11.3 Å². The van der Waals surface area contributed by atoms with Crippen LogP contribution in [0.5, 0.6) is 0 Å². The van der Waals surface area contributed by atoms with Crippen molar-refractivity contribution >= 4 is 41.0 Å². The van der Waals surface area contributed by atoms with E-state index < -0.39 is 0 Å². The molecule has 2 aliphatic rings. The van der Waals surface area contributed by atoms with Crippen molar-refractivity contribution in [3.05, 3.63) is 39.6 Å². The van der Waals surface area contributed by atoms with Gasteiger partial charge in [-0.25, -0.2) is 4.90 Å². The van der Waals surface area contributed by atoms with Gasteiger partial charge in [-0.3, -0.25) is 9.59 Å². The molecule has 0 aliphatic carbocycles. The van der Waals surface area contributed by atoms with E-state index in [1.54, 1.807) is 24.3 Å². The monoisotopic (exact) mass is 288 g/mol. The number of rotatable bonds is 1. The van der Waals surface area contributed by atoms with E-state index >= 15 is 0 Å². The number of hydrogen-bond acceptors (Lipinski definition) is 5. The number of anilines is 1. The lowest BCUT2D eigenvalue weighted by atomic mass is 10.2. The minimum Gasteiger partial charge on any atom is -0.268 e. The second-order valence-electron chi connectivity index (χ2n) is 3.96. The lowest BCUT2D eigenvalue weighted by Crippen LogP contribution is -2.31. The molecule has 2 aliphatic heterocycles. The minimum absolute atomic E-state index is 0.248. The zero-order valence-corrected chi connectivity index (χ0v) is 11.4. The molecule has 1 aromatic rings. The summed E-state index contributed by atoms with van der Waals surface area (Å²) in [5.41, 5.74) is 1.02. The maximum Gasteiger partial charge on any atom is 0.273 e. The Morgan fingerprint density at radius 1 is 1.00 bits per heavy atom. The van der Waals surface area contributed by atoms with Crippen LogP contribution in [0.4, 0.5) is 5.69 Å². The van der Waals surface area contributed by atoms with Crippen molar-refractivity contribution in [1.29, 1.82) is 5.26 Å². The first kappa shape index (κ1) is 12.3. The first-order valence-corrected chi connectivity index (χ1v) is 7.58. The fourth-order valence-corrected chi connectivity index (χ4v) is 4.25. The molecule has 0 radical (unpaired) electrons. The summed E-state index contributed by atoms with van der Waals surface area (Å²) in [6.07, 6.45) is 0. The largest absolute Gasteiger partial charge is 0.273 e. The highest BCUT2D eigenvalue weighted by Gasteiger charge is 2.41. The zero-order chi connectivity index (χ0) is 13.4. The van der Waals surface area contributed by atoms with Crippen LogP contribution in [-0.2, 0) is 9.59 Å². The van der Waals surface area contributed by atoms with Crippen molar-refractivity contribution in [2.45, 2.75) is 0 Å². The molecule has 94 valence electrons. The molecule has 0 atom stereocenters. The number of carbonyl (C=O) groups excluding carboxylic acids is 2. The van der Waals surface area contributed by atoms with Crippen LogP contribution in [0.3, 0.4) is 0 Å². The van der Waals surface area contributed by atoms with Gasteiger partial charge >= 0.3 is 0 Å². The van der Waals surface area contributed by atoms with Crippen molar-refractivity contribution in [1.82, 2.24) is 0 Å². The maximum absolute atomic E-state index is 12.3. The number of imide groups is 1. The SMILES string of the molecule is N#Cc1ccc(N2C(=O)C3=C(SCCS3)C2=O)cc1. The summed E-state index contributed by atoms with van der Waals surface area (Å²) < 4.78 is 0. The van der Waals surface area contributed by atoms with Gasteiger partial charge in [0.05, 0.1) is 27.1 Å². The summed E-state index contributed by atoms with van der Waals surface area (Å²) in [6, 6.07) is 8.47.